The van der Waals surface area contributed by atoms with Crippen molar-refractivity contribution >= 4 is 29.1 Å². The van der Waals surface area contributed by atoms with E-state index in [4.69, 9.17) is 21.1 Å². The molecule has 3 aromatic rings. The Balaban J connectivity index is 1.46. The minimum atomic E-state index is -4.75. The Hall–Kier alpha value is -4.38. The molecule has 5 rings (SSSR count). The Labute approximate surface area is 301 Å². The van der Waals surface area contributed by atoms with E-state index in [1.54, 1.807) is 20.8 Å². The van der Waals surface area contributed by atoms with Crippen LogP contribution < -0.4 is 10.1 Å². The molecule has 1 unspecified atom stereocenters. The third kappa shape index (κ3) is 8.14. The van der Waals surface area contributed by atoms with Crippen LogP contribution in [-0.2, 0) is 27.0 Å². The van der Waals surface area contributed by atoms with Gasteiger partial charge < -0.3 is 19.9 Å². The van der Waals surface area contributed by atoms with Crippen molar-refractivity contribution in [2.45, 2.75) is 46.5 Å². The molecule has 0 spiro atoms. The van der Waals surface area contributed by atoms with E-state index in [-0.39, 0.29) is 45.6 Å². The van der Waals surface area contributed by atoms with Crippen LogP contribution in [-0.4, -0.2) is 94.4 Å². The Kier molecular flexibility index (Phi) is 11.4. The van der Waals surface area contributed by atoms with Gasteiger partial charge in [-0.25, -0.2) is 19.4 Å². The lowest BCUT2D eigenvalue weighted by molar-refractivity contribution is -0.158. The highest BCUT2D eigenvalue weighted by molar-refractivity contribution is 6.30. The molecule has 2 amide bonds. The second kappa shape index (κ2) is 15.3. The number of hydrogen-bond acceptors (Lipinski definition) is 9. The standard InChI is InChI=1S/C35H38ClF5N6O5/c1-19-28(42-18-43-31(19)36)22-16-21(35(39,40)41)7-8-23(22)44-32(49)25-29(48)30(34(2,3)4)45(5)47(33(25)50)17-20-6-9-24(27(38)26(20)37)52-15-12-46-10-13-51-14-11-46/h6-9,16,18,30,48H,10-15,17H2,1-5H3,(H,44,49). The Bertz CT molecular complexity index is 1880. The van der Waals surface area contributed by atoms with Crippen molar-refractivity contribution in [2.75, 3.05) is 51.8 Å². The predicted octanol–water partition coefficient (Wildman–Crippen LogP) is 6.17. The van der Waals surface area contributed by atoms with Gasteiger partial charge in [0.2, 0.25) is 5.82 Å². The fourth-order valence-corrected chi connectivity index (χ4v) is 6.32. The van der Waals surface area contributed by atoms with Crippen molar-refractivity contribution in [2.24, 2.45) is 5.41 Å². The number of likely N-dealkylation sites (N-methyl/N-ethyl adjacent to an activating group) is 1. The van der Waals surface area contributed by atoms with Crippen LogP contribution in [0.3, 0.4) is 0 Å². The van der Waals surface area contributed by atoms with E-state index in [0.717, 1.165) is 29.5 Å². The normalized spacial score (nSPS) is 17.9. The molecular weight excluding hydrogens is 715 g/mol. The van der Waals surface area contributed by atoms with Crippen molar-refractivity contribution in [1.82, 2.24) is 24.9 Å². The quantitative estimate of drug-likeness (QED) is 0.150. The summed E-state index contributed by atoms with van der Waals surface area (Å²) in [5.41, 5.74) is -3.03. The van der Waals surface area contributed by atoms with Gasteiger partial charge in [-0.2, -0.15) is 17.6 Å². The number of nitrogens with zero attached hydrogens (tertiary/aromatic N) is 5. The van der Waals surface area contributed by atoms with Gasteiger partial charge in [-0.15, -0.1) is 0 Å². The molecule has 280 valence electrons. The summed E-state index contributed by atoms with van der Waals surface area (Å²) in [7, 11) is 1.45. The zero-order valence-electron chi connectivity index (χ0n) is 29.1. The Morgan fingerprint density at radius 3 is 2.44 bits per heavy atom. The minimum Gasteiger partial charge on any atom is -0.509 e. The number of aliphatic hydroxyl groups is 1. The molecule has 2 aromatic carbocycles. The lowest BCUT2D eigenvalue weighted by atomic mass is 9.82. The number of aromatic nitrogens is 2. The van der Waals surface area contributed by atoms with Gasteiger partial charge in [-0.05, 0) is 36.6 Å². The summed E-state index contributed by atoms with van der Waals surface area (Å²) < 4.78 is 82.8. The predicted molar refractivity (Wildman–Crippen MR) is 181 cm³/mol. The fraction of sp³-hybridized carbons (Fsp3) is 0.429. The highest BCUT2D eigenvalue weighted by atomic mass is 35.5. The molecule has 1 atom stereocenters. The van der Waals surface area contributed by atoms with E-state index in [1.165, 1.54) is 31.1 Å². The first-order valence-corrected chi connectivity index (χ1v) is 16.7. The number of aliphatic hydroxyl groups excluding tert-OH is 1. The maximum atomic E-state index is 15.5. The summed E-state index contributed by atoms with van der Waals surface area (Å²) in [6.07, 6.45) is -3.71. The maximum absolute atomic E-state index is 15.5. The minimum absolute atomic E-state index is 0.0190. The molecule has 0 aliphatic carbocycles. The van der Waals surface area contributed by atoms with E-state index < -0.39 is 64.5 Å². The summed E-state index contributed by atoms with van der Waals surface area (Å²) in [6.45, 7) is 9.23. The molecule has 11 nitrogen and oxygen atoms in total. The monoisotopic (exact) mass is 752 g/mol. The number of benzene rings is 2. The van der Waals surface area contributed by atoms with Crippen molar-refractivity contribution in [1.29, 1.82) is 0 Å². The van der Waals surface area contributed by atoms with Crippen LogP contribution in [0.4, 0.5) is 27.6 Å². The lowest BCUT2D eigenvalue weighted by Crippen LogP contribution is -2.59. The summed E-state index contributed by atoms with van der Waals surface area (Å²) in [4.78, 5) is 37.9. The molecule has 2 aliphatic heterocycles. The van der Waals surface area contributed by atoms with Crippen LogP contribution in [0.1, 0.15) is 37.5 Å². The zero-order chi connectivity index (χ0) is 38.1. The molecule has 1 fully saturated rings. The Morgan fingerprint density at radius 2 is 1.79 bits per heavy atom. The first-order chi connectivity index (χ1) is 24.4. The zero-order valence-corrected chi connectivity index (χ0v) is 29.8. The number of hydrazine groups is 1. The molecule has 3 heterocycles. The van der Waals surface area contributed by atoms with E-state index in [9.17, 15) is 27.9 Å². The third-order valence-electron chi connectivity index (χ3n) is 8.85. The number of hydrogen-bond donors (Lipinski definition) is 2. The third-order valence-corrected chi connectivity index (χ3v) is 9.23. The topological polar surface area (TPSA) is 120 Å². The highest BCUT2D eigenvalue weighted by Crippen LogP contribution is 2.39. The summed E-state index contributed by atoms with van der Waals surface area (Å²) in [5.74, 6) is -5.70. The highest BCUT2D eigenvalue weighted by Gasteiger charge is 2.46. The second-order valence-electron chi connectivity index (χ2n) is 13.5. The largest absolute Gasteiger partial charge is 0.509 e. The summed E-state index contributed by atoms with van der Waals surface area (Å²) in [5, 5.41) is 16.2. The van der Waals surface area contributed by atoms with Crippen molar-refractivity contribution in [3.05, 3.63) is 81.5 Å². The van der Waals surface area contributed by atoms with Crippen LogP contribution in [0, 0.1) is 24.0 Å². The lowest BCUT2D eigenvalue weighted by Gasteiger charge is -2.46. The van der Waals surface area contributed by atoms with Crippen molar-refractivity contribution in [3.63, 3.8) is 0 Å². The van der Waals surface area contributed by atoms with Gasteiger partial charge in [0.15, 0.2) is 11.6 Å². The van der Waals surface area contributed by atoms with E-state index in [1.807, 2.05) is 0 Å². The second-order valence-corrected chi connectivity index (χ2v) is 13.8. The van der Waals surface area contributed by atoms with Gasteiger partial charge in [0.1, 0.15) is 29.4 Å². The van der Waals surface area contributed by atoms with E-state index in [2.05, 4.69) is 20.2 Å². The molecular formula is C35H38ClF5N6O5. The molecule has 2 N–H and O–H groups in total. The number of amides is 2. The van der Waals surface area contributed by atoms with Crippen LogP contribution >= 0.6 is 11.6 Å². The maximum Gasteiger partial charge on any atom is 0.416 e. The molecule has 2 aliphatic rings. The molecule has 0 saturated carbocycles. The number of anilines is 1. The molecule has 0 bridgehead atoms. The molecule has 0 radical (unpaired) electrons. The van der Waals surface area contributed by atoms with Crippen LogP contribution in [0.15, 0.2) is 48.0 Å². The number of alkyl halides is 3. The van der Waals surface area contributed by atoms with Gasteiger partial charge in [-0.1, -0.05) is 38.4 Å². The Morgan fingerprint density at radius 1 is 1.10 bits per heavy atom. The number of halogens is 6. The van der Waals surface area contributed by atoms with Crippen LogP contribution in [0.5, 0.6) is 5.75 Å². The van der Waals surface area contributed by atoms with E-state index >= 15 is 8.78 Å². The average Bonchev–Trinajstić information content (AvgIpc) is 3.06. The number of nitrogens with one attached hydrogen (secondary N) is 1. The first kappa shape index (κ1) is 38.8. The van der Waals surface area contributed by atoms with E-state index in [0.29, 0.717) is 32.8 Å². The molecule has 52 heavy (non-hydrogen) atoms. The fourth-order valence-electron chi connectivity index (χ4n) is 6.19. The average molecular weight is 753 g/mol. The number of rotatable bonds is 9. The van der Waals surface area contributed by atoms with Crippen molar-refractivity contribution < 1.29 is 46.1 Å². The SMILES string of the molecule is Cc1c(Cl)ncnc1-c1cc(C(F)(F)F)ccc1NC(=O)C1=C(O)C(C(C)(C)C)N(C)N(Cc2ccc(OCCN3CCOCC3)c(F)c2F)C1=O. The number of carbonyl (C=O) groups excluding carboxylic acids is 2. The van der Waals surface area contributed by atoms with Gasteiger partial charge in [0, 0.05) is 43.4 Å². The van der Waals surface area contributed by atoms with Crippen LogP contribution in [0.2, 0.25) is 5.15 Å². The number of carbonyl (C=O) groups is 2. The van der Waals surface area contributed by atoms with Gasteiger partial charge in [-0.3, -0.25) is 19.5 Å². The summed E-state index contributed by atoms with van der Waals surface area (Å²) in [6, 6.07) is 3.97. The first-order valence-electron chi connectivity index (χ1n) is 16.3. The van der Waals surface area contributed by atoms with Gasteiger partial charge >= 0.3 is 6.18 Å². The molecule has 1 aromatic heterocycles. The molecule has 17 heteroatoms. The van der Waals surface area contributed by atoms with Gasteiger partial charge in [0.05, 0.1) is 42.7 Å². The smallest absolute Gasteiger partial charge is 0.416 e. The van der Waals surface area contributed by atoms with Gasteiger partial charge in [0.25, 0.3) is 11.8 Å². The van der Waals surface area contributed by atoms with Crippen LogP contribution in [0.25, 0.3) is 11.3 Å². The molecule has 1 saturated heterocycles. The number of ether oxygens (including phenoxy) is 2. The van der Waals surface area contributed by atoms with Crippen molar-refractivity contribution in [3.8, 4) is 17.0 Å². The number of morpholine rings is 1. The summed E-state index contributed by atoms with van der Waals surface area (Å²) >= 11 is 6.13.